The van der Waals surface area contributed by atoms with Crippen LogP contribution in [-0.2, 0) is 28.9 Å². The smallest absolute Gasteiger partial charge is 0.306 e. The van der Waals surface area contributed by atoms with E-state index in [1.165, 1.54) is 14.2 Å². The second-order valence-corrected chi connectivity index (χ2v) is 10.8. The number of aromatic amines is 1. The third-order valence-corrected chi connectivity index (χ3v) is 8.15. The first-order chi connectivity index (χ1) is 21.8. The molecule has 1 atom stereocenters. The Morgan fingerprint density at radius 3 is 2.47 bits per heavy atom. The van der Waals surface area contributed by atoms with Crippen molar-refractivity contribution in [3.8, 4) is 23.0 Å². The number of rotatable bonds is 13. The molecule has 0 radical (unpaired) electrons. The highest BCUT2D eigenvalue weighted by molar-refractivity contribution is 5.83. The summed E-state index contributed by atoms with van der Waals surface area (Å²) in [6, 6.07) is 22.6. The average Bonchev–Trinajstić information content (AvgIpc) is 3.47. The van der Waals surface area contributed by atoms with Crippen LogP contribution in [0.25, 0.3) is 10.9 Å². The quantitative estimate of drug-likeness (QED) is 0.159. The minimum atomic E-state index is -0.865. The van der Waals surface area contributed by atoms with Crippen molar-refractivity contribution < 1.29 is 28.8 Å². The highest BCUT2D eigenvalue weighted by Gasteiger charge is 2.30. The predicted octanol–water partition coefficient (Wildman–Crippen LogP) is 5.92. The van der Waals surface area contributed by atoms with Gasteiger partial charge in [0.15, 0.2) is 11.5 Å². The van der Waals surface area contributed by atoms with Gasteiger partial charge in [0.1, 0.15) is 11.5 Å². The molecule has 2 N–H and O–H groups in total. The van der Waals surface area contributed by atoms with Gasteiger partial charge in [-0.15, -0.1) is 0 Å². The Labute approximate surface area is 262 Å². The van der Waals surface area contributed by atoms with E-state index in [0.717, 1.165) is 27.8 Å². The van der Waals surface area contributed by atoms with Crippen LogP contribution in [0.15, 0.2) is 83.8 Å². The highest BCUT2D eigenvalue weighted by Crippen LogP contribution is 2.42. The van der Waals surface area contributed by atoms with Crippen LogP contribution < -0.4 is 19.8 Å². The molecule has 0 fully saturated rings. The number of esters is 1. The van der Waals surface area contributed by atoms with E-state index in [2.05, 4.69) is 4.98 Å². The maximum Gasteiger partial charge on any atom is 0.306 e. The molecule has 9 nitrogen and oxygen atoms in total. The molecule has 5 aromatic rings. The Hall–Kier alpha value is -5.18. The molecule has 0 aliphatic heterocycles. The maximum atomic E-state index is 14.2. The Morgan fingerprint density at radius 2 is 1.73 bits per heavy atom. The molecule has 234 valence electrons. The number of benzene rings is 3. The number of para-hydroxylation sites is 2. The number of carbonyl (C=O) groups is 1. The topological polar surface area (TPSA) is 112 Å². The summed E-state index contributed by atoms with van der Waals surface area (Å²) in [7, 11) is 4.45. The van der Waals surface area contributed by atoms with Gasteiger partial charge in [0.2, 0.25) is 0 Å². The fraction of sp³-hybridized carbons (Fsp3) is 0.278. The minimum Gasteiger partial charge on any atom is -0.507 e. The van der Waals surface area contributed by atoms with Crippen LogP contribution in [-0.4, -0.2) is 48.6 Å². The van der Waals surface area contributed by atoms with Crippen molar-refractivity contribution in [3.05, 3.63) is 117 Å². The molecule has 5 rings (SSSR count). The molecule has 0 aliphatic carbocycles. The number of hydrogen-bond donors (Lipinski definition) is 2. The molecule has 2 aromatic heterocycles. The molecular weight excluding hydrogens is 572 g/mol. The van der Waals surface area contributed by atoms with E-state index in [1.807, 2.05) is 54.7 Å². The van der Waals surface area contributed by atoms with Crippen molar-refractivity contribution in [1.29, 1.82) is 0 Å². The largest absolute Gasteiger partial charge is 0.507 e. The van der Waals surface area contributed by atoms with Gasteiger partial charge in [0.05, 0.1) is 39.9 Å². The molecule has 0 spiro atoms. The van der Waals surface area contributed by atoms with Gasteiger partial charge in [-0.05, 0) is 54.8 Å². The Morgan fingerprint density at radius 1 is 0.956 bits per heavy atom. The lowest BCUT2D eigenvalue weighted by molar-refractivity contribution is -0.140. The van der Waals surface area contributed by atoms with Gasteiger partial charge in [0.25, 0.3) is 5.56 Å². The van der Waals surface area contributed by atoms with Crippen molar-refractivity contribution in [3.63, 3.8) is 0 Å². The van der Waals surface area contributed by atoms with Crippen LogP contribution in [0.5, 0.6) is 23.0 Å². The van der Waals surface area contributed by atoms with Crippen LogP contribution >= 0.6 is 0 Å². The predicted molar refractivity (Wildman–Crippen MR) is 173 cm³/mol. The number of aromatic nitrogens is 2. The van der Waals surface area contributed by atoms with E-state index in [-0.39, 0.29) is 23.3 Å². The zero-order valence-corrected chi connectivity index (χ0v) is 26.0. The van der Waals surface area contributed by atoms with Gasteiger partial charge in [-0.1, -0.05) is 42.5 Å². The highest BCUT2D eigenvalue weighted by atomic mass is 16.5. The standard InChI is InChI=1S/C36H38N2O7/c1-23-20-31(39)34(36(41)38(23)18-16-25-22-37-30-10-6-5-8-27(25)30)29(21-33(40)44-4)28-9-7-11-32(43-3)35(28)45-19-17-24-12-14-26(42-2)15-13-24/h5-15,20,22,29,37,39H,16-19,21H2,1-4H3/t29-/m0/s1. The number of hydrogen-bond acceptors (Lipinski definition) is 7. The average molecular weight is 611 g/mol. The number of nitrogens with one attached hydrogen (secondary N) is 1. The summed E-state index contributed by atoms with van der Waals surface area (Å²) in [4.78, 5) is 30.2. The summed E-state index contributed by atoms with van der Waals surface area (Å²) < 4.78 is 23.9. The number of pyridine rings is 1. The maximum absolute atomic E-state index is 14.2. The normalized spacial score (nSPS) is 11.7. The molecule has 9 heteroatoms. The van der Waals surface area contributed by atoms with Crippen LogP contribution in [0, 0.1) is 6.92 Å². The van der Waals surface area contributed by atoms with Crippen molar-refractivity contribution in [2.45, 2.75) is 38.6 Å². The van der Waals surface area contributed by atoms with E-state index in [1.54, 1.807) is 42.9 Å². The first-order valence-electron chi connectivity index (χ1n) is 14.8. The fourth-order valence-electron chi connectivity index (χ4n) is 5.75. The summed E-state index contributed by atoms with van der Waals surface area (Å²) in [6.07, 6.45) is 2.96. The van der Waals surface area contributed by atoms with Gasteiger partial charge < -0.3 is 33.6 Å². The SMILES string of the molecule is COC(=O)C[C@@H](c1cccc(OC)c1OCCc1ccc(OC)cc1)c1c(O)cc(C)n(CCc2c[nH]c3ccccc23)c1=O. The van der Waals surface area contributed by atoms with Gasteiger partial charge in [-0.2, -0.15) is 0 Å². The van der Waals surface area contributed by atoms with Gasteiger partial charge in [0, 0.05) is 47.2 Å². The lowest BCUT2D eigenvalue weighted by Crippen LogP contribution is -2.29. The van der Waals surface area contributed by atoms with Crippen LogP contribution in [0.1, 0.15) is 40.3 Å². The summed E-state index contributed by atoms with van der Waals surface area (Å²) in [5.74, 6) is 0.0206. The lowest BCUT2D eigenvalue weighted by atomic mass is 9.87. The number of carbonyl (C=O) groups excluding carboxylic acids is 1. The van der Waals surface area contributed by atoms with Gasteiger partial charge in [-0.3, -0.25) is 9.59 Å². The molecule has 0 aliphatic rings. The summed E-state index contributed by atoms with van der Waals surface area (Å²) in [5, 5.41) is 12.3. The summed E-state index contributed by atoms with van der Waals surface area (Å²) in [6.45, 7) is 2.47. The van der Waals surface area contributed by atoms with Gasteiger partial charge in [-0.25, -0.2) is 0 Å². The van der Waals surface area contributed by atoms with Crippen LogP contribution in [0.3, 0.4) is 0 Å². The van der Waals surface area contributed by atoms with E-state index in [0.29, 0.717) is 48.7 Å². The molecule has 3 aromatic carbocycles. The second kappa shape index (κ2) is 14.1. The van der Waals surface area contributed by atoms with E-state index in [9.17, 15) is 14.7 Å². The molecule has 0 unspecified atom stereocenters. The number of aryl methyl sites for hydroxylation is 2. The number of methoxy groups -OCH3 is 3. The molecule has 0 amide bonds. The zero-order chi connectivity index (χ0) is 31.9. The minimum absolute atomic E-state index is 0.0955. The second-order valence-electron chi connectivity index (χ2n) is 10.8. The number of fused-ring (bicyclic) bond motifs is 1. The third kappa shape index (κ3) is 6.82. The van der Waals surface area contributed by atoms with Crippen molar-refractivity contribution >= 4 is 16.9 Å². The summed E-state index contributed by atoms with van der Waals surface area (Å²) in [5.41, 5.74) is 4.02. The van der Waals surface area contributed by atoms with Crippen molar-refractivity contribution in [2.24, 2.45) is 0 Å². The molecule has 45 heavy (non-hydrogen) atoms. The molecule has 2 heterocycles. The van der Waals surface area contributed by atoms with E-state index < -0.39 is 11.9 Å². The lowest BCUT2D eigenvalue weighted by Gasteiger charge is -2.23. The number of H-pyrrole nitrogens is 1. The molecule has 0 saturated heterocycles. The first kappa shape index (κ1) is 31.3. The Bertz CT molecular complexity index is 1840. The Kier molecular flexibility index (Phi) is 9.77. The monoisotopic (exact) mass is 610 g/mol. The Balaban J connectivity index is 1.51. The van der Waals surface area contributed by atoms with E-state index in [4.69, 9.17) is 18.9 Å². The first-order valence-corrected chi connectivity index (χ1v) is 14.8. The number of aromatic hydroxyl groups is 1. The molecular formula is C36H38N2O7. The van der Waals surface area contributed by atoms with Crippen molar-refractivity contribution in [2.75, 3.05) is 27.9 Å². The number of ether oxygens (including phenoxy) is 4. The molecule has 0 saturated carbocycles. The third-order valence-electron chi connectivity index (χ3n) is 8.15. The van der Waals surface area contributed by atoms with E-state index >= 15 is 0 Å². The zero-order valence-electron chi connectivity index (χ0n) is 26.0. The van der Waals surface area contributed by atoms with Gasteiger partial charge >= 0.3 is 5.97 Å². The summed E-state index contributed by atoms with van der Waals surface area (Å²) >= 11 is 0. The molecule has 0 bridgehead atoms. The number of nitrogens with zero attached hydrogens (tertiary/aromatic N) is 1. The fourth-order valence-corrected chi connectivity index (χ4v) is 5.75. The van der Waals surface area contributed by atoms with Crippen LogP contribution in [0.4, 0.5) is 0 Å². The van der Waals surface area contributed by atoms with Crippen LogP contribution in [0.2, 0.25) is 0 Å². The van der Waals surface area contributed by atoms with Crippen molar-refractivity contribution in [1.82, 2.24) is 9.55 Å².